The Morgan fingerprint density at radius 3 is 2.63 bits per heavy atom. The molecule has 0 atom stereocenters. The summed E-state index contributed by atoms with van der Waals surface area (Å²) in [5.74, 6) is 0.433. The Balaban J connectivity index is 0.00000133. The number of likely N-dealkylation sites (tertiary alicyclic amines) is 1. The first-order valence-corrected chi connectivity index (χ1v) is 7.23. The number of nitrogens with zero attached hydrogens (tertiary/aromatic N) is 1. The monoisotopic (exact) mass is 348 g/mol. The predicted molar refractivity (Wildman–Crippen MR) is 78.7 cm³/mol. The van der Waals surface area contributed by atoms with E-state index in [1.807, 2.05) is 4.90 Å². The molecule has 106 valence electrons. The predicted octanol–water partition coefficient (Wildman–Crippen LogP) is 2.68. The summed E-state index contributed by atoms with van der Waals surface area (Å²) in [5.41, 5.74) is 0.442. The number of nitrogens with one attached hydrogen (secondary N) is 1. The number of furan rings is 1. The molecule has 0 aromatic carbocycles. The molecule has 2 aliphatic heterocycles. The largest absolute Gasteiger partial charge is 0.458 e. The van der Waals surface area contributed by atoms with Gasteiger partial charge in [0.1, 0.15) is 0 Å². The summed E-state index contributed by atoms with van der Waals surface area (Å²) in [4.78, 5) is 14.2. The van der Waals surface area contributed by atoms with Crippen molar-refractivity contribution >= 4 is 34.2 Å². The van der Waals surface area contributed by atoms with Gasteiger partial charge in [-0.3, -0.25) is 4.79 Å². The topological polar surface area (TPSA) is 45.5 Å². The van der Waals surface area contributed by atoms with Gasteiger partial charge in [0.2, 0.25) is 5.76 Å². The fourth-order valence-electron chi connectivity index (χ4n) is 3.00. The van der Waals surface area contributed by atoms with Gasteiger partial charge in [-0.05, 0) is 53.2 Å². The number of hydrogen-bond donors (Lipinski definition) is 1. The lowest BCUT2D eigenvalue weighted by molar-refractivity contribution is 0.0576. The van der Waals surface area contributed by atoms with Crippen molar-refractivity contribution in [1.82, 2.24) is 10.2 Å². The molecular weight excluding hydrogens is 332 g/mol. The van der Waals surface area contributed by atoms with E-state index in [1.165, 1.54) is 6.42 Å². The lowest BCUT2D eigenvalue weighted by atomic mass is 9.78. The van der Waals surface area contributed by atoms with Gasteiger partial charge in [-0.25, -0.2) is 0 Å². The standard InChI is InChI=1S/C13H17BrN2O2.ClH/c14-10-1-8-18-11(10)12(17)16-6-3-13(4-7-16)2-5-15-9-13;/h1,8,15H,2-7,9H2;1H. The first-order chi connectivity index (χ1) is 8.70. The third-order valence-electron chi connectivity index (χ3n) is 4.25. The van der Waals surface area contributed by atoms with Crippen molar-refractivity contribution in [2.45, 2.75) is 19.3 Å². The maximum Gasteiger partial charge on any atom is 0.290 e. The van der Waals surface area contributed by atoms with Crippen LogP contribution in [0.2, 0.25) is 0 Å². The molecular formula is C13H18BrClN2O2. The zero-order valence-corrected chi connectivity index (χ0v) is 13.1. The van der Waals surface area contributed by atoms with Gasteiger partial charge >= 0.3 is 0 Å². The normalized spacial score (nSPS) is 21.4. The molecule has 1 amide bonds. The van der Waals surface area contributed by atoms with Crippen LogP contribution in [0, 0.1) is 5.41 Å². The second-order valence-corrected chi connectivity index (χ2v) is 6.17. The zero-order valence-electron chi connectivity index (χ0n) is 10.7. The third-order valence-corrected chi connectivity index (χ3v) is 4.88. The molecule has 19 heavy (non-hydrogen) atoms. The van der Waals surface area contributed by atoms with E-state index in [-0.39, 0.29) is 18.3 Å². The van der Waals surface area contributed by atoms with Crippen molar-refractivity contribution in [2.24, 2.45) is 5.41 Å². The van der Waals surface area contributed by atoms with Crippen LogP contribution in [0.3, 0.4) is 0 Å². The lowest BCUT2D eigenvalue weighted by Gasteiger charge is -2.38. The molecule has 0 saturated carbocycles. The fourth-order valence-corrected chi connectivity index (χ4v) is 3.37. The molecule has 3 rings (SSSR count). The Morgan fingerprint density at radius 2 is 2.11 bits per heavy atom. The summed E-state index contributed by atoms with van der Waals surface area (Å²) in [6, 6.07) is 1.76. The van der Waals surface area contributed by atoms with Gasteiger partial charge in [-0.15, -0.1) is 12.4 Å². The van der Waals surface area contributed by atoms with Crippen LogP contribution in [-0.2, 0) is 0 Å². The van der Waals surface area contributed by atoms with E-state index in [2.05, 4.69) is 21.2 Å². The molecule has 2 fully saturated rings. The molecule has 0 bridgehead atoms. The number of rotatable bonds is 1. The average molecular weight is 350 g/mol. The quantitative estimate of drug-likeness (QED) is 0.848. The molecule has 6 heteroatoms. The van der Waals surface area contributed by atoms with Crippen LogP contribution in [0.4, 0.5) is 0 Å². The van der Waals surface area contributed by atoms with Crippen LogP contribution >= 0.6 is 28.3 Å². The van der Waals surface area contributed by atoms with E-state index in [1.54, 1.807) is 12.3 Å². The molecule has 2 aliphatic rings. The summed E-state index contributed by atoms with van der Waals surface area (Å²) in [5, 5.41) is 3.43. The summed E-state index contributed by atoms with van der Waals surface area (Å²) in [7, 11) is 0. The van der Waals surface area contributed by atoms with E-state index >= 15 is 0 Å². The third kappa shape index (κ3) is 2.83. The molecule has 0 radical (unpaired) electrons. The number of carbonyl (C=O) groups excluding carboxylic acids is 1. The smallest absolute Gasteiger partial charge is 0.290 e. The van der Waals surface area contributed by atoms with Gasteiger partial charge in [-0.1, -0.05) is 0 Å². The number of halogens is 2. The second kappa shape index (κ2) is 5.85. The minimum atomic E-state index is 0. The van der Waals surface area contributed by atoms with Crippen LogP contribution in [0.5, 0.6) is 0 Å². The van der Waals surface area contributed by atoms with Crippen LogP contribution in [0.15, 0.2) is 21.2 Å². The van der Waals surface area contributed by atoms with Crippen molar-refractivity contribution in [1.29, 1.82) is 0 Å². The van der Waals surface area contributed by atoms with Gasteiger partial charge in [0.25, 0.3) is 5.91 Å². The fraction of sp³-hybridized carbons (Fsp3) is 0.615. The van der Waals surface area contributed by atoms with Crippen molar-refractivity contribution in [3.63, 3.8) is 0 Å². The minimum absolute atomic E-state index is 0. The summed E-state index contributed by atoms with van der Waals surface area (Å²) in [6.45, 7) is 3.92. The molecule has 0 aliphatic carbocycles. The second-order valence-electron chi connectivity index (χ2n) is 5.32. The highest BCUT2D eigenvalue weighted by molar-refractivity contribution is 9.10. The van der Waals surface area contributed by atoms with E-state index in [9.17, 15) is 4.79 Å². The highest BCUT2D eigenvalue weighted by atomic mass is 79.9. The summed E-state index contributed by atoms with van der Waals surface area (Å²) in [6.07, 6.45) is 5.00. The highest BCUT2D eigenvalue weighted by Crippen LogP contribution is 2.37. The Kier molecular flexibility index (Phi) is 4.58. The van der Waals surface area contributed by atoms with Crippen molar-refractivity contribution in [3.05, 3.63) is 22.6 Å². The first kappa shape index (κ1) is 14.9. The lowest BCUT2D eigenvalue weighted by Crippen LogP contribution is -2.44. The molecule has 0 unspecified atom stereocenters. The zero-order chi connectivity index (χ0) is 12.6. The Morgan fingerprint density at radius 1 is 1.37 bits per heavy atom. The van der Waals surface area contributed by atoms with Gasteiger partial charge in [0, 0.05) is 19.6 Å². The highest BCUT2D eigenvalue weighted by Gasteiger charge is 2.38. The van der Waals surface area contributed by atoms with E-state index < -0.39 is 0 Å². The van der Waals surface area contributed by atoms with Crippen LogP contribution in [-0.4, -0.2) is 37.0 Å². The van der Waals surface area contributed by atoms with Crippen molar-refractivity contribution in [2.75, 3.05) is 26.2 Å². The van der Waals surface area contributed by atoms with E-state index in [0.717, 1.165) is 43.5 Å². The van der Waals surface area contributed by atoms with Crippen molar-refractivity contribution in [3.8, 4) is 0 Å². The first-order valence-electron chi connectivity index (χ1n) is 6.43. The molecule has 4 nitrogen and oxygen atoms in total. The molecule has 1 aromatic rings. The Labute approximate surface area is 127 Å². The summed E-state index contributed by atoms with van der Waals surface area (Å²) >= 11 is 3.34. The van der Waals surface area contributed by atoms with Crippen molar-refractivity contribution < 1.29 is 9.21 Å². The Hall–Kier alpha value is -0.520. The number of hydrogen-bond acceptors (Lipinski definition) is 3. The minimum Gasteiger partial charge on any atom is -0.458 e. The molecule has 3 heterocycles. The molecule has 2 saturated heterocycles. The Bertz CT molecular complexity index is 447. The van der Waals surface area contributed by atoms with E-state index in [0.29, 0.717) is 11.2 Å². The molecule has 1 N–H and O–H groups in total. The van der Waals surface area contributed by atoms with Gasteiger partial charge in [-0.2, -0.15) is 0 Å². The number of carbonyl (C=O) groups is 1. The van der Waals surface area contributed by atoms with Crippen LogP contribution in [0.25, 0.3) is 0 Å². The van der Waals surface area contributed by atoms with E-state index in [4.69, 9.17) is 4.42 Å². The van der Waals surface area contributed by atoms with Crippen LogP contribution < -0.4 is 5.32 Å². The summed E-state index contributed by atoms with van der Waals surface area (Å²) < 4.78 is 5.99. The van der Waals surface area contributed by atoms with Crippen LogP contribution in [0.1, 0.15) is 29.8 Å². The molecule has 1 aromatic heterocycles. The number of amides is 1. The van der Waals surface area contributed by atoms with Gasteiger partial charge in [0.05, 0.1) is 10.7 Å². The SMILES string of the molecule is Cl.O=C(c1occc1Br)N1CCC2(CCNC2)CC1. The maximum absolute atomic E-state index is 12.3. The van der Waals surface area contributed by atoms with Gasteiger partial charge < -0.3 is 14.6 Å². The maximum atomic E-state index is 12.3. The number of piperidine rings is 1. The molecule has 1 spiro atoms. The average Bonchev–Trinajstić information content (AvgIpc) is 2.99. The van der Waals surface area contributed by atoms with Gasteiger partial charge in [0.15, 0.2) is 0 Å².